The standard InChI is InChI=1S/C29H33ClN4O/c1-18(2)27-23-15-20(19-9-12-34(13-10-19)26(35)17-33(3)4)7-8-25(23)32-29(27)22-14-21-6-5-11-31-28(21)24(30)16-22/h5-8,11,14-16,18-19,32H,9-10,12-13,17H2,1-4H3. The van der Waals surface area contributed by atoms with Crippen molar-refractivity contribution < 1.29 is 4.79 Å². The van der Waals surface area contributed by atoms with Crippen molar-refractivity contribution in [3.05, 3.63) is 64.8 Å². The Labute approximate surface area is 212 Å². The number of amides is 1. The van der Waals surface area contributed by atoms with E-state index in [1.807, 2.05) is 36.0 Å². The highest BCUT2D eigenvalue weighted by atomic mass is 35.5. The molecular formula is C29H33ClN4O. The number of nitrogens with zero attached hydrogens (tertiary/aromatic N) is 3. The molecule has 1 saturated heterocycles. The number of piperidine rings is 1. The normalized spacial score (nSPS) is 15.1. The molecule has 4 aromatic rings. The first kappa shape index (κ1) is 23.8. The van der Waals surface area contributed by atoms with Crippen molar-refractivity contribution in [2.45, 2.75) is 38.5 Å². The number of fused-ring (bicyclic) bond motifs is 2. The molecule has 0 atom stereocenters. The SMILES string of the molecule is CC(C)c1c(-c2cc(Cl)c3ncccc3c2)[nH]c2ccc(C3CCN(C(=O)CN(C)C)CC3)cc12. The van der Waals surface area contributed by atoms with Crippen LogP contribution in [0.25, 0.3) is 33.1 Å². The molecule has 0 aliphatic carbocycles. The van der Waals surface area contributed by atoms with Gasteiger partial charge in [-0.15, -0.1) is 0 Å². The molecule has 0 spiro atoms. The lowest BCUT2D eigenvalue weighted by Gasteiger charge is -2.33. The van der Waals surface area contributed by atoms with Crippen LogP contribution in [-0.2, 0) is 4.79 Å². The number of aromatic nitrogens is 2. The van der Waals surface area contributed by atoms with Gasteiger partial charge in [0.2, 0.25) is 5.91 Å². The van der Waals surface area contributed by atoms with Crippen molar-refractivity contribution in [1.82, 2.24) is 19.8 Å². The number of likely N-dealkylation sites (tertiary alicyclic amines) is 1. The average molecular weight is 489 g/mol. The Bertz CT molecular complexity index is 1380. The number of carbonyl (C=O) groups is 1. The van der Waals surface area contributed by atoms with Crippen molar-refractivity contribution >= 4 is 39.3 Å². The number of aromatic amines is 1. The van der Waals surface area contributed by atoms with Gasteiger partial charge in [-0.05, 0) is 80.2 Å². The van der Waals surface area contributed by atoms with E-state index in [4.69, 9.17) is 11.6 Å². The summed E-state index contributed by atoms with van der Waals surface area (Å²) in [7, 11) is 3.89. The van der Waals surface area contributed by atoms with Gasteiger partial charge in [-0.2, -0.15) is 0 Å². The lowest BCUT2D eigenvalue weighted by atomic mass is 9.87. The maximum atomic E-state index is 12.5. The molecule has 5 rings (SSSR count). The smallest absolute Gasteiger partial charge is 0.236 e. The van der Waals surface area contributed by atoms with Gasteiger partial charge < -0.3 is 14.8 Å². The first-order chi connectivity index (χ1) is 16.8. The van der Waals surface area contributed by atoms with Gasteiger partial charge in [-0.3, -0.25) is 9.78 Å². The zero-order valence-corrected chi connectivity index (χ0v) is 21.7. The van der Waals surface area contributed by atoms with Crippen LogP contribution in [0.1, 0.15) is 49.7 Å². The number of H-pyrrole nitrogens is 1. The van der Waals surface area contributed by atoms with Gasteiger partial charge >= 0.3 is 0 Å². The number of hydrogen-bond acceptors (Lipinski definition) is 3. The van der Waals surface area contributed by atoms with Gasteiger partial charge in [0.05, 0.1) is 22.8 Å². The van der Waals surface area contributed by atoms with Crippen LogP contribution in [0.15, 0.2) is 48.7 Å². The number of rotatable bonds is 5. The maximum Gasteiger partial charge on any atom is 0.236 e. The van der Waals surface area contributed by atoms with Crippen molar-refractivity contribution in [3.63, 3.8) is 0 Å². The van der Waals surface area contributed by atoms with E-state index in [0.29, 0.717) is 23.4 Å². The molecule has 0 unspecified atom stereocenters. The third-order valence-electron chi connectivity index (χ3n) is 7.16. The molecule has 1 N–H and O–H groups in total. The number of benzene rings is 2. The topological polar surface area (TPSA) is 52.2 Å². The summed E-state index contributed by atoms with van der Waals surface area (Å²) in [6.45, 7) is 6.63. The van der Waals surface area contributed by atoms with Crippen LogP contribution >= 0.6 is 11.6 Å². The molecular weight excluding hydrogens is 456 g/mol. The molecule has 0 saturated carbocycles. The Morgan fingerprint density at radius 1 is 1.17 bits per heavy atom. The fourth-order valence-corrected chi connectivity index (χ4v) is 5.71. The number of pyridine rings is 1. The zero-order valence-electron chi connectivity index (χ0n) is 20.9. The second kappa shape index (κ2) is 9.63. The number of nitrogens with one attached hydrogen (secondary N) is 1. The van der Waals surface area contributed by atoms with Crippen LogP contribution in [0.4, 0.5) is 0 Å². The lowest BCUT2D eigenvalue weighted by Crippen LogP contribution is -2.42. The van der Waals surface area contributed by atoms with E-state index in [0.717, 1.165) is 53.6 Å². The zero-order chi connectivity index (χ0) is 24.7. The lowest BCUT2D eigenvalue weighted by molar-refractivity contribution is -0.132. The summed E-state index contributed by atoms with van der Waals surface area (Å²) < 4.78 is 0. The third-order valence-corrected chi connectivity index (χ3v) is 7.45. The van der Waals surface area contributed by atoms with E-state index in [9.17, 15) is 4.79 Å². The van der Waals surface area contributed by atoms with Crippen LogP contribution in [0.2, 0.25) is 5.02 Å². The summed E-state index contributed by atoms with van der Waals surface area (Å²) in [6.07, 6.45) is 3.79. The largest absolute Gasteiger partial charge is 0.354 e. The van der Waals surface area contributed by atoms with Crippen molar-refractivity contribution in [3.8, 4) is 11.3 Å². The van der Waals surface area contributed by atoms with E-state index in [1.165, 1.54) is 16.5 Å². The van der Waals surface area contributed by atoms with Crippen LogP contribution in [0.5, 0.6) is 0 Å². The van der Waals surface area contributed by atoms with Gasteiger partial charge in [0.25, 0.3) is 0 Å². The summed E-state index contributed by atoms with van der Waals surface area (Å²) in [5.74, 6) is 1.05. The highest BCUT2D eigenvalue weighted by molar-refractivity contribution is 6.35. The van der Waals surface area contributed by atoms with E-state index in [1.54, 1.807) is 6.20 Å². The minimum atomic E-state index is 0.227. The number of carbonyl (C=O) groups excluding carboxylic acids is 1. The summed E-state index contributed by atoms with van der Waals surface area (Å²) in [5.41, 5.74) is 6.88. The molecule has 2 aromatic heterocycles. The highest BCUT2D eigenvalue weighted by Gasteiger charge is 2.25. The second-order valence-electron chi connectivity index (χ2n) is 10.3. The average Bonchev–Trinajstić information content (AvgIpc) is 3.23. The molecule has 0 bridgehead atoms. The second-order valence-corrected chi connectivity index (χ2v) is 10.7. The molecule has 1 fully saturated rings. The Balaban J connectivity index is 1.48. The molecule has 5 nitrogen and oxygen atoms in total. The number of halogens is 1. The minimum absolute atomic E-state index is 0.227. The summed E-state index contributed by atoms with van der Waals surface area (Å²) in [5, 5.41) is 2.99. The first-order valence-corrected chi connectivity index (χ1v) is 12.8. The molecule has 1 aliphatic rings. The Hall–Kier alpha value is -2.89. The van der Waals surface area contributed by atoms with Gasteiger partial charge in [-0.1, -0.05) is 37.6 Å². The fourth-order valence-electron chi connectivity index (χ4n) is 5.44. The monoisotopic (exact) mass is 488 g/mol. The van der Waals surface area contributed by atoms with Crippen LogP contribution in [0.3, 0.4) is 0 Å². The molecule has 2 aromatic carbocycles. The molecule has 6 heteroatoms. The van der Waals surface area contributed by atoms with Crippen molar-refractivity contribution in [2.24, 2.45) is 0 Å². The van der Waals surface area contributed by atoms with Gasteiger partial charge in [0.15, 0.2) is 0 Å². The van der Waals surface area contributed by atoms with Gasteiger partial charge in [0, 0.05) is 41.1 Å². The highest BCUT2D eigenvalue weighted by Crippen LogP contribution is 2.40. The molecule has 0 radical (unpaired) electrons. The van der Waals surface area contributed by atoms with E-state index in [2.05, 4.69) is 54.1 Å². The summed E-state index contributed by atoms with van der Waals surface area (Å²) >= 11 is 6.62. The van der Waals surface area contributed by atoms with Crippen LogP contribution < -0.4 is 0 Å². The Morgan fingerprint density at radius 2 is 1.94 bits per heavy atom. The molecule has 1 aliphatic heterocycles. The molecule has 1 amide bonds. The van der Waals surface area contributed by atoms with E-state index >= 15 is 0 Å². The number of likely N-dealkylation sites (N-methyl/N-ethyl adjacent to an activating group) is 1. The predicted molar refractivity (Wildman–Crippen MR) is 145 cm³/mol. The minimum Gasteiger partial charge on any atom is -0.354 e. The number of hydrogen-bond donors (Lipinski definition) is 1. The van der Waals surface area contributed by atoms with Crippen molar-refractivity contribution in [2.75, 3.05) is 33.7 Å². The van der Waals surface area contributed by atoms with E-state index < -0.39 is 0 Å². The van der Waals surface area contributed by atoms with Crippen LogP contribution in [0, 0.1) is 0 Å². The molecule has 3 heterocycles. The first-order valence-electron chi connectivity index (χ1n) is 12.4. The van der Waals surface area contributed by atoms with Crippen molar-refractivity contribution in [1.29, 1.82) is 0 Å². The quantitative estimate of drug-likeness (QED) is 0.352. The van der Waals surface area contributed by atoms with Crippen LogP contribution in [-0.4, -0.2) is 59.4 Å². The molecule has 182 valence electrons. The Morgan fingerprint density at radius 3 is 2.66 bits per heavy atom. The van der Waals surface area contributed by atoms with E-state index in [-0.39, 0.29) is 5.91 Å². The predicted octanol–water partition coefficient (Wildman–Crippen LogP) is 6.43. The van der Waals surface area contributed by atoms with Gasteiger partial charge in [-0.25, -0.2) is 0 Å². The van der Waals surface area contributed by atoms with Gasteiger partial charge in [0.1, 0.15) is 0 Å². The fraction of sp³-hybridized carbons (Fsp3) is 0.379. The Kier molecular flexibility index (Phi) is 6.56. The maximum absolute atomic E-state index is 12.5. The molecule has 35 heavy (non-hydrogen) atoms. The summed E-state index contributed by atoms with van der Waals surface area (Å²) in [6, 6.07) is 15.0. The summed E-state index contributed by atoms with van der Waals surface area (Å²) in [4.78, 5) is 24.5. The third kappa shape index (κ3) is 4.67.